The molecule has 2 aliphatic rings. The standard InChI is InChI=1S/C22H19Cl2N3O6/c1-31-16-8-17(32-2)14(7-13(16)24)25-18(28)9-27-15-10-33-21(29)19(15)20(26-22(27)30)11-3-5-12(23)6-4-11/h3-8,20H,9-10H2,1-2H3,(H,25,28)(H,26,30)/t20-/m0/s1. The maximum atomic E-state index is 12.9. The van der Waals surface area contributed by atoms with Gasteiger partial charge in [0.15, 0.2) is 0 Å². The van der Waals surface area contributed by atoms with Gasteiger partial charge in [-0.05, 0) is 23.8 Å². The lowest BCUT2D eigenvalue weighted by Gasteiger charge is -2.32. The van der Waals surface area contributed by atoms with E-state index in [1.54, 1.807) is 24.3 Å². The van der Waals surface area contributed by atoms with Crippen molar-refractivity contribution in [3.05, 3.63) is 63.3 Å². The number of carbonyl (C=O) groups excluding carboxylic acids is 3. The van der Waals surface area contributed by atoms with Crippen LogP contribution < -0.4 is 20.1 Å². The van der Waals surface area contributed by atoms with Crippen LogP contribution in [0.4, 0.5) is 10.5 Å². The molecule has 172 valence electrons. The van der Waals surface area contributed by atoms with Crippen molar-refractivity contribution in [1.29, 1.82) is 0 Å². The van der Waals surface area contributed by atoms with Crippen molar-refractivity contribution in [2.45, 2.75) is 6.04 Å². The molecule has 2 aromatic carbocycles. The van der Waals surface area contributed by atoms with E-state index in [1.165, 1.54) is 31.3 Å². The number of urea groups is 1. The van der Waals surface area contributed by atoms with Crippen LogP contribution in [0, 0.1) is 0 Å². The van der Waals surface area contributed by atoms with Crippen molar-refractivity contribution in [2.75, 3.05) is 32.7 Å². The molecule has 0 fully saturated rings. The Labute approximate surface area is 199 Å². The number of nitrogens with zero attached hydrogens (tertiary/aromatic N) is 1. The molecule has 2 aromatic rings. The Morgan fingerprint density at radius 3 is 2.52 bits per heavy atom. The molecule has 4 rings (SSSR count). The minimum absolute atomic E-state index is 0.114. The maximum Gasteiger partial charge on any atom is 0.338 e. The van der Waals surface area contributed by atoms with Crippen molar-refractivity contribution in [2.24, 2.45) is 0 Å². The van der Waals surface area contributed by atoms with Crippen LogP contribution in [0.25, 0.3) is 0 Å². The quantitative estimate of drug-likeness (QED) is 0.598. The Morgan fingerprint density at radius 2 is 1.85 bits per heavy atom. The van der Waals surface area contributed by atoms with Crippen LogP contribution in [-0.4, -0.2) is 50.2 Å². The van der Waals surface area contributed by atoms with Gasteiger partial charge in [-0.1, -0.05) is 35.3 Å². The molecule has 0 bridgehead atoms. The van der Waals surface area contributed by atoms with Gasteiger partial charge < -0.3 is 24.8 Å². The van der Waals surface area contributed by atoms with Crippen molar-refractivity contribution < 1.29 is 28.6 Å². The summed E-state index contributed by atoms with van der Waals surface area (Å²) in [6, 6.07) is 8.52. The molecule has 0 saturated heterocycles. The summed E-state index contributed by atoms with van der Waals surface area (Å²) in [5.74, 6) is -0.374. The van der Waals surface area contributed by atoms with Crippen LogP contribution >= 0.6 is 23.2 Å². The van der Waals surface area contributed by atoms with E-state index in [1.807, 2.05) is 0 Å². The normalized spacial score (nSPS) is 17.3. The van der Waals surface area contributed by atoms with Gasteiger partial charge in [0.25, 0.3) is 0 Å². The van der Waals surface area contributed by atoms with Gasteiger partial charge in [-0.2, -0.15) is 0 Å². The zero-order valence-electron chi connectivity index (χ0n) is 17.6. The van der Waals surface area contributed by atoms with Crippen molar-refractivity contribution >= 4 is 46.8 Å². The van der Waals surface area contributed by atoms with Gasteiger partial charge in [-0.3, -0.25) is 9.69 Å². The molecule has 0 aliphatic carbocycles. The number of anilines is 1. The van der Waals surface area contributed by atoms with Crippen LogP contribution in [0.1, 0.15) is 11.6 Å². The fourth-order valence-corrected chi connectivity index (χ4v) is 4.04. The van der Waals surface area contributed by atoms with Gasteiger partial charge >= 0.3 is 12.0 Å². The molecular formula is C22H19Cl2N3O6. The second-order valence-electron chi connectivity index (χ2n) is 7.19. The zero-order chi connectivity index (χ0) is 23.7. The highest BCUT2D eigenvalue weighted by atomic mass is 35.5. The van der Waals surface area contributed by atoms with Gasteiger partial charge in [0, 0.05) is 11.1 Å². The van der Waals surface area contributed by atoms with Gasteiger partial charge in [-0.25, -0.2) is 9.59 Å². The second kappa shape index (κ2) is 9.21. The lowest BCUT2D eigenvalue weighted by atomic mass is 9.96. The monoisotopic (exact) mass is 491 g/mol. The van der Waals surface area contributed by atoms with Crippen molar-refractivity contribution in [3.63, 3.8) is 0 Å². The van der Waals surface area contributed by atoms with Gasteiger partial charge in [-0.15, -0.1) is 0 Å². The molecule has 2 aliphatic heterocycles. The molecule has 33 heavy (non-hydrogen) atoms. The van der Waals surface area contributed by atoms with E-state index in [9.17, 15) is 14.4 Å². The van der Waals surface area contributed by atoms with Crippen molar-refractivity contribution in [3.8, 4) is 11.5 Å². The minimum atomic E-state index is -0.709. The predicted molar refractivity (Wildman–Crippen MR) is 121 cm³/mol. The van der Waals surface area contributed by atoms with Gasteiger partial charge in [0.2, 0.25) is 5.91 Å². The molecule has 11 heteroatoms. The van der Waals surface area contributed by atoms with Crippen LogP contribution in [0.3, 0.4) is 0 Å². The van der Waals surface area contributed by atoms with Crippen LogP contribution in [0.2, 0.25) is 10.0 Å². The predicted octanol–water partition coefficient (Wildman–Crippen LogP) is 3.53. The number of halogens is 2. The molecular weight excluding hydrogens is 473 g/mol. The highest BCUT2D eigenvalue weighted by molar-refractivity contribution is 6.32. The summed E-state index contributed by atoms with van der Waals surface area (Å²) < 4.78 is 15.6. The van der Waals surface area contributed by atoms with Crippen molar-refractivity contribution in [1.82, 2.24) is 10.2 Å². The minimum Gasteiger partial charge on any atom is -0.495 e. The van der Waals surface area contributed by atoms with E-state index in [0.717, 1.165) is 0 Å². The number of nitrogens with one attached hydrogen (secondary N) is 2. The first-order valence-electron chi connectivity index (χ1n) is 9.77. The molecule has 2 N–H and O–H groups in total. The summed E-state index contributed by atoms with van der Waals surface area (Å²) in [6.45, 7) is -0.474. The van der Waals surface area contributed by atoms with Crippen LogP contribution in [0.15, 0.2) is 47.7 Å². The highest BCUT2D eigenvalue weighted by Crippen LogP contribution is 2.37. The summed E-state index contributed by atoms with van der Waals surface area (Å²) in [5, 5.41) is 6.23. The highest BCUT2D eigenvalue weighted by Gasteiger charge is 2.42. The second-order valence-corrected chi connectivity index (χ2v) is 8.04. The molecule has 3 amide bonds. The topological polar surface area (TPSA) is 106 Å². The molecule has 9 nitrogen and oxygen atoms in total. The smallest absolute Gasteiger partial charge is 0.338 e. The molecule has 0 aromatic heterocycles. The fourth-order valence-electron chi connectivity index (χ4n) is 3.67. The molecule has 0 unspecified atom stereocenters. The SMILES string of the molecule is COc1cc(OC)c(NC(=O)CN2C(=O)N[C@@H](c3ccc(Cl)cc3)C3=C2COC3=O)cc1Cl. The van der Waals surface area contributed by atoms with E-state index in [-0.39, 0.29) is 23.7 Å². The number of cyclic esters (lactones) is 1. The van der Waals surface area contributed by atoms with Gasteiger partial charge in [0.05, 0.1) is 42.2 Å². The molecule has 0 spiro atoms. The van der Waals surface area contributed by atoms with E-state index in [0.29, 0.717) is 33.5 Å². The number of ether oxygens (including phenoxy) is 3. The largest absolute Gasteiger partial charge is 0.495 e. The molecule has 0 saturated carbocycles. The average Bonchev–Trinajstić information content (AvgIpc) is 3.18. The third-order valence-corrected chi connectivity index (χ3v) is 5.80. The average molecular weight is 492 g/mol. The summed E-state index contributed by atoms with van der Waals surface area (Å²) in [5.41, 5.74) is 1.58. The third kappa shape index (κ3) is 4.42. The maximum absolute atomic E-state index is 12.9. The number of rotatable bonds is 6. The number of methoxy groups -OCH3 is 2. The number of carbonyl (C=O) groups is 3. The summed E-state index contributed by atoms with van der Waals surface area (Å²) in [7, 11) is 2.90. The Kier molecular flexibility index (Phi) is 6.35. The summed E-state index contributed by atoms with van der Waals surface area (Å²) in [6.07, 6.45) is 0. The number of hydrogen-bond donors (Lipinski definition) is 2. The van der Waals surface area contributed by atoms with Crippen LogP contribution in [-0.2, 0) is 14.3 Å². The number of benzene rings is 2. The first kappa shape index (κ1) is 22.8. The van der Waals surface area contributed by atoms with E-state index in [4.69, 9.17) is 37.4 Å². The van der Waals surface area contributed by atoms with Gasteiger partial charge in [0.1, 0.15) is 24.7 Å². The molecule has 2 heterocycles. The first-order valence-corrected chi connectivity index (χ1v) is 10.5. The summed E-state index contributed by atoms with van der Waals surface area (Å²) in [4.78, 5) is 39.3. The van der Waals surface area contributed by atoms with E-state index in [2.05, 4.69) is 10.6 Å². The lowest BCUT2D eigenvalue weighted by Crippen LogP contribution is -2.49. The molecule has 0 radical (unpaired) electrons. The fraction of sp³-hybridized carbons (Fsp3) is 0.227. The summed E-state index contributed by atoms with van der Waals surface area (Å²) >= 11 is 12.1. The zero-order valence-corrected chi connectivity index (χ0v) is 19.1. The molecule has 1 atom stereocenters. The third-order valence-electron chi connectivity index (χ3n) is 5.25. The van der Waals surface area contributed by atoms with E-state index >= 15 is 0 Å². The Hall–Kier alpha value is -3.43. The number of esters is 1. The first-order chi connectivity index (χ1) is 15.8. The Balaban J connectivity index is 1.58. The Bertz CT molecular complexity index is 1170. The lowest BCUT2D eigenvalue weighted by molar-refractivity contribution is -0.136. The van der Waals surface area contributed by atoms with E-state index < -0.39 is 23.9 Å². The Morgan fingerprint density at radius 1 is 1.15 bits per heavy atom. The number of hydrogen-bond acceptors (Lipinski definition) is 6. The van der Waals surface area contributed by atoms with Crippen LogP contribution in [0.5, 0.6) is 11.5 Å². The number of amides is 3.